The van der Waals surface area contributed by atoms with E-state index < -0.39 is 0 Å². The minimum absolute atomic E-state index is 0.289. The van der Waals surface area contributed by atoms with Gasteiger partial charge in [-0.3, -0.25) is 0 Å². The summed E-state index contributed by atoms with van der Waals surface area (Å²) in [6.45, 7) is 8.44. The van der Waals surface area contributed by atoms with E-state index in [1.807, 2.05) is 50.2 Å². The molecular formula is C24H32O2. The molecule has 0 bridgehead atoms. The summed E-state index contributed by atoms with van der Waals surface area (Å²) in [7, 11) is 0. The summed E-state index contributed by atoms with van der Waals surface area (Å²) < 4.78 is 5.46. The molecule has 1 saturated carbocycles. The van der Waals surface area contributed by atoms with Gasteiger partial charge in [0.2, 0.25) is 0 Å². The highest BCUT2D eigenvalue weighted by Crippen LogP contribution is 2.35. The summed E-state index contributed by atoms with van der Waals surface area (Å²) in [6, 6.07) is 15.7. The molecule has 2 aromatic carbocycles. The Morgan fingerprint density at radius 3 is 2.04 bits per heavy atom. The fourth-order valence-corrected chi connectivity index (χ4v) is 3.44. The Kier molecular flexibility index (Phi) is 7.90. The van der Waals surface area contributed by atoms with Crippen LogP contribution in [0.3, 0.4) is 0 Å². The van der Waals surface area contributed by atoms with E-state index >= 15 is 0 Å². The molecule has 2 aromatic rings. The van der Waals surface area contributed by atoms with Gasteiger partial charge in [0.25, 0.3) is 0 Å². The molecule has 26 heavy (non-hydrogen) atoms. The lowest BCUT2D eigenvalue weighted by Crippen LogP contribution is -2.12. The standard InChI is InChI=1S/C22H26O2.C2H6/c1-3-17-6-14-21(15-7-17)24-22(23)20-12-10-19(11-13-20)18-8-4-16(2)5-9-18;1-2/h6-7,10-16,18H,3-5,8-9H2,1-2H3;1-2H3. The van der Waals surface area contributed by atoms with E-state index in [0.717, 1.165) is 12.3 Å². The van der Waals surface area contributed by atoms with Crippen LogP contribution in [0.5, 0.6) is 5.75 Å². The maximum absolute atomic E-state index is 12.3. The monoisotopic (exact) mass is 352 g/mol. The van der Waals surface area contributed by atoms with Gasteiger partial charge in [-0.1, -0.05) is 64.8 Å². The van der Waals surface area contributed by atoms with Crippen molar-refractivity contribution in [3.63, 3.8) is 0 Å². The highest BCUT2D eigenvalue weighted by Gasteiger charge is 2.20. The lowest BCUT2D eigenvalue weighted by atomic mass is 9.79. The molecule has 0 aromatic heterocycles. The maximum atomic E-state index is 12.3. The molecule has 2 nitrogen and oxygen atoms in total. The Labute approximate surface area is 158 Å². The van der Waals surface area contributed by atoms with Gasteiger partial charge < -0.3 is 4.74 Å². The Hall–Kier alpha value is -2.09. The molecule has 1 aliphatic carbocycles. The molecule has 1 aliphatic rings. The highest BCUT2D eigenvalue weighted by molar-refractivity contribution is 5.91. The zero-order chi connectivity index (χ0) is 18.9. The van der Waals surface area contributed by atoms with Crippen LogP contribution in [0, 0.1) is 5.92 Å². The first-order chi connectivity index (χ1) is 12.7. The third-order valence-electron chi connectivity index (χ3n) is 5.18. The number of esters is 1. The summed E-state index contributed by atoms with van der Waals surface area (Å²) in [4.78, 5) is 12.3. The molecule has 0 amide bonds. The van der Waals surface area contributed by atoms with E-state index in [1.54, 1.807) is 0 Å². The van der Waals surface area contributed by atoms with E-state index in [2.05, 4.69) is 26.0 Å². The van der Waals surface area contributed by atoms with Crippen LogP contribution >= 0.6 is 0 Å². The normalized spacial score (nSPS) is 19.2. The predicted molar refractivity (Wildman–Crippen MR) is 109 cm³/mol. The first kappa shape index (κ1) is 20.2. The topological polar surface area (TPSA) is 26.3 Å². The smallest absolute Gasteiger partial charge is 0.343 e. The van der Waals surface area contributed by atoms with Crippen molar-refractivity contribution in [2.75, 3.05) is 0 Å². The molecule has 0 N–H and O–H groups in total. The van der Waals surface area contributed by atoms with Crippen molar-refractivity contribution in [3.05, 3.63) is 65.2 Å². The maximum Gasteiger partial charge on any atom is 0.343 e. The largest absolute Gasteiger partial charge is 0.423 e. The van der Waals surface area contributed by atoms with Gasteiger partial charge in [-0.25, -0.2) is 4.79 Å². The van der Waals surface area contributed by atoms with Crippen LogP contribution in [0.15, 0.2) is 48.5 Å². The molecule has 3 rings (SSSR count). The molecule has 2 heteroatoms. The third kappa shape index (κ3) is 5.45. The minimum Gasteiger partial charge on any atom is -0.423 e. The van der Waals surface area contributed by atoms with E-state index in [1.165, 1.54) is 36.8 Å². The first-order valence-electron chi connectivity index (χ1n) is 10.1. The molecule has 0 spiro atoms. The Bertz CT molecular complexity index is 662. The van der Waals surface area contributed by atoms with Gasteiger partial charge in [-0.15, -0.1) is 0 Å². The molecule has 0 atom stereocenters. The van der Waals surface area contributed by atoms with Crippen molar-refractivity contribution in [3.8, 4) is 5.75 Å². The summed E-state index contributed by atoms with van der Waals surface area (Å²) >= 11 is 0. The molecule has 0 heterocycles. The molecule has 1 fully saturated rings. The molecular weight excluding hydrogens is 320 g/mol. The number of carbonyl (C=O) groups is 1. The number of aryl methyl sites for hydroxylation is 1. The predicted octanol–water partition coefficient (Wildman–Crippen LogP) is 6.79. The Balaban J connectivity index is 0.00000117. The molecule has 0 radical (unpaired) electrons. The number of benzene rings is 2. The van der Waals surface area contributed by atoms with Crippen molar-refractivity contribution in [2.24, 2.45) is 5.92 Å². The second-order valence-corrected chi connectivity index (χ2v) is 6.97. The van der Waals surface area contributed by atoms with Crippen molar-refractivity contribution in [1.29, 1.82) is 0 Å². The van der Waals surface area contributed by atoms with Crippen molar-refractivity contribution < 1.29 is 9.53 Å². The van der Waals surface area contributed by atoms with Crippen LogP contribution in [0.2, 0.25) is 0 Å². The summed E-state index contributed by atoms with van der Waals surface area (Å²) in [5.41, 5.74) is 3.20. The van der Waals surface area contributed by atoms with E-state index in [4.69, 9.17) is 4.74 Å². The number of rotatable bonds is 4. The zero-order valence-corrected chi connectivity index (χ0v) is 16.6. The average molecular weight is 353 g/mol. The second kappa shape index (κ2) is 10.2. The highest BCUT2D eigenvalue weighted by atomic mass is 16.5. The van der Waals surface area contributed by atoms with Crippen LogP contribution < -0.4 is 4.74 Å². The number of hydrogen-bond donors (Lipinski definition) is 0. The number of ether oxygens (including phenoxy) is 1. The van der Waals surface area contributed by atoms with E-state index in [-0.39, 0.29) is 5.97 Å². The van der Waals surface area contributed by atoms with Gasteiger partial charge in [0.05, 0.1) is 5.56 Å². The molecule has 0 unspecified atom stereocenters. The Morgan fingerprint density at radius 2 is 1.50 bits per heavy atom. The van der Waals surface area contributed by atoms with Crippen LogP contribution in [-0.4, -0.2) is 5.97 Å². The number of hydrogen-bond acceptors (Lipinski definition) is 2. The zero-order valence-electron chi connectivity index (χ0n) is 16.6. The van der Waals surface area contributed by atoms with Gasteiger partial charge >= 0.3 is 5.97 Å². The van der Waals surface area contributed by atoms with E-state index in [0.29, 0.717) is 17.2 Å². The van der Waals surface area contributed by atoms with Gasteiger partial charge in [0, 0.05) is 0 Å². The number of carbonyl (C=O) groups excluding carboxylic acids is 1. The van der Waals surface area contributed by atoms with Gasteiger partial charge in [0.15, 0.2) is 0 Å². The fourth-order valence-electron chi connectivity index (χ4n) is 3.44. The van der Waals surface area contributed by atoms with E-state index in [9.17, 15) is 4.79 Å². The minimum atomic E-state index is -0.289. The van der Waals surface area contributed by atoms with Crippen molar-refractivity contribution in [1.82, 2.24) is 0 Å². The molecule has 0 saturated heterocycles. The van der Waals surface area contributed by atoms with Crippen LogP contribution in [0.25, 0.3) is 0 Å². The SMILES string of the molecule is CC.CCc1ccc(OC(=O)c2ccc(C3CCC(C)CC3)cc2)cc1. The van der Waals surface area contributed by atoms with Crippen LogP contribution in [-0.2, 0) is 6.42 Å². The first-order valence-corrected chi connectivity index (χ1v) is 10.1. The van der Waals surface area contributed by atoms with Gasteiger partial charge in [0.1, 0.15) is 5.75 Å². The summed E-state index contributed by atoms with van der Waals surface area (Å²) in [6.07, 6.45) is 6.11. The van der Waals surface area contributed by atoms with Gasteiger partial charge in [-0.2, -0.15) is 0 Å². The Morgan fingerprint density at radius 1 is 0.923 bits per heavy atom. The lowest BCUT2D eigenvalue weighted by molar-refractivity contribution is 0.0734. The molecule has 140 valence electrons. The quantitative estimate of drug-likeness (QED) is 0.447. The fraction of sp³-hybridized carbons (Fsp3) is 0.458. The molecule has 0 aliphatic heterocycles. The average Bonchev–Trinajstić information content (AvgIpc) is 2.71. The second-order valence-electron chi connectivity index (χ2n) is 6.97. The van der Waals surface area contributed by atoms with Crippen LogP contribution in [0.1, 0.15) is 80.8 Å². The van der Waals surface area contributed by atoms with Crippen molar-refractivity contribution in [2.45, 2.75) is 65.7 Å². The summed E-state index contributed by atoms with van der Waals surface area (Å²) in [5.74, 6) is 1.81. The van der Waals surface area contributed by atoms with Crippen LogP contribution in [0.4, 0.5) is 0 Å². The third-order valence-corrected chi connectivity index (χ3v) is 5.18. The van der Waals surface area contributed by atoms with Gasteiger partial charge in [-0.05, 0) is 66.5 Å². The summed E-state index contributed by atoms with van der Waals surface area (Å²) in [5, 5.41) is 0. The van der Waals surface area contributed by atoms with Crippen molar-refractivity contribution >= 4 is 5.97 Å². The lowest BCUT2D eigenvalue weighted by Gasteiger charge is -2.26.